The van der Waals surface area contributed by atoms with Crippen LogP contribution in [0.1, 0.15) is 45.6 Å². The number of rotatable bonds is 6. The van der Waals surface area contributed by atoms with E-state index in [-0.39, 0.29) is 23.7 Å². The fraction of sp³-hybridized carbons (Fsp3) is 0.208. The van der Waals surface area contributed by atoms with Gasteiger partial charge in [-0.2, -0.15) is 5.10 Å². The molecule has 0 unspecified atom stereocenters. The van der Waals surface area contributed by atoms with Crippen LogP contribution < -0.4 is 10.7 Å². The molecule has 1 saturated carbocycles. The number of hydrazone groups is 1. The molecular weight excluding hydrogens is 394 g/mol. The van der Waals surface area contributed by atoms with Gasteiger partial charge in [0.25, 0.3) is 5.91 Å². The van der Waals surface area contributed by atoms with Crippen LogP contribution in [0.3, 0.4) is 0 Å². The summed E-state index contributed by atoms with van der Waals surface area (Å²) in [7, 11) is 0. The highest BCUT2D eigenvalue weighted by atomic mass is 32.1. The molecule has 0 bridgehead atoms. The molecule has 2 aromatic carbocycles. The van der Waals surface area contributed by atoms with Crippen LogP contribution in [0.15, 0.2) is 71.1 Å². The molecule has 0 saturated heterocycles. The van der Waals surface area contributed by atoms with Gasteiger partial charge < -0.3 is 5.32 Å². The Hall–Kier alpha value is -3.25. The Morgan fingerprint density at radius 2 is 1.77 bits per heavy atom. The maximum atomic E-state index is 12.4. The quantitative estimate of drug-likeness (QED) is 0.440. The third-order valence-corrected chi connectivity index (χ3v) is 6.10. The third kappa shape index (κ3) is 4.66. The van der Waals surface area contributed by atoms with Gasteiger partial charge in [0.05, 0.1) is 11.3 Å². The Labute approximate surface area is 179 Å². The number of anilines is 1. The standard InChI is InChI=1S/C24H23N3O2S/c1-15-12-19(14-30-15)23(28)25-20-10-8-17(9-11-20)16(2)26-27-24(29)22-13-21(22)18-6-4-3-5-7-18/h3-12,14,21-22H,13H2,1-2H3,(H,25,28)(H,27,29)/b26-16+/t21-,22+/m0/s1. The summed E-state index contributed by atoms with van der Waals surface area (Å²) < 4.78 is 0. The van der Waals surface area contributed by atoms with Crippen molar-refractivity contribution in [1.29, 1.82) is 0 Å². The highest BCUT2D eigenvalue weighted by molar-refractivity contribution is 7.10. The summed E-state index contributed by atoms with van der Waals surface area (Å²) in [6.07, 6.45) is 0.864. The van der Waals surface area contributed by atoms with Gasteiger partial charge in [-0.3, -0.25) is 9.59 Å². The largest absolute Gasteiger partial charge is 0.322 e. The number of aryl methyl sites for hydroxylation is 1. The zero-order chi connectivity index (χ0) is 21.1. The molecule has 6 heteroatoms. The molecule has 1 aliphatic rings. The maximum absolute atomic E-state index is 12.4. The number of carbonyl (C=O) groups is 2. The molecule has 4 rings (SSSR count). The number of hydrogen-bond acceptors (Lipinski definition) is 4. The first-order valence-electron chi connectivity index (χ1n) is 9.87. The normalized spacial score (nSPS) is 18.0. The summed E-state index contributed by atoms with van der Waals surface area (Å²) in [5.41, 5.74) is 6.87. The highest BCUT2D eigenvalue weighted by Crippen LogP contribution is 2.47. The average Bonchev–Trinajstić information content (AvgIpc) is 3.46. The zero-order valence-electron chi connectivity index (χ0n) is 16.9. The van der Waals surface area contributed by atoms with E-state index >= 15 is 0 Å². The predicted octanol–water partition coefficient (Wildman–Crippen LogP) is 4.95. The van der Waals surface area contributed by atoms with Crippen LogP contribution in [0.25, 0.3) is 0 Å². The molecule has 1 heterocycles. The van der Waals surface area contributed by atoms with Gasteiger partial charge in [0.2, 0.25) is 5.91 Å². The van der Waals surface area contributed by atoms with Crippen molar-refractivity contribution < 1.29 is 9.59 Å². The Balaban J connectivity index is 1.32. The van der Waals surface area contributed by atoms with Crippen LogP contribution in [-0.4, -0.2) is 17.5 Å². The second-order valence-electron chi connectivity index (χ2n) is 7.51. The summed E-state index contributed by atoms with van der Waals surface area (Å²) in [5, 5.41) is 8.99. The van der Waals surface area contributed by atoms with Crippen LogP contribution in [0.2, 0.25) is 0 Å². The number of thiophene rings is 1. The summed E-state index contributed by atoms with van der Waals surface area (Å²) in [6, 6.07) is 19.4. The van der Waals surface area contributed by atoms with Gasteiger partial charge in [-0.15, -0.1) is 11.3 Å². The van der Waals surface area contributed by atoms with Crippen molar-refractivity contribution in [2.45, 2.75) is 26.2 Å². The molecular formula is C24H23N3O2S. The monoisotopic (exact) mass is 417 g/mol. The summed E-state index contributed by atoms with van der Waals surface area (Å²) >= 11 is 1.55. The minimum Gasteiger partial charge on any atom is -0.322 e. The molecule has 5 nitrogen and oxygen atoms in total. The Kier molecular flexibility index (Phi) is 5.77. The van der Waals surface area contributed by atoms with Crippen molar-refractivity contribution in [1.82, 2.24) is 5.43 Å². The second kappa shape index (κ2) is 8.63. The Bertz CT molecular complexity index is 1090. The van der Waals surface area contributed by atoms with E-state index in [0.717, 1.165) is 16.9 Å². The number of benzene rings is 2. The van der Waals surface area contributed by atoms with E-state index in [1.54, 1.807) is 11.3 Å². The molecule has 0 aliphatic heterocycles. The van der Waals surface area contributed by atoms with Gasteiger partial charge in [-0.1, -0.05) is 42.5 Å². The first-order valence-corrected chi connectivity index (χ1v) is 10.8. The van der Waals surface area contributed by atoms with Gasteiger partial charge >= 0.3 is 0 Å². The summed E-state index contributed by atoms with van der Waals surface area (Å²) in [4.78, 5) is 25.7. The van der Waals surface area contributed by atoms with Crippen LogP contribution in [-0.2, 0) is 4.79 Å². The van der Waals surface area contributed by atoms with E-state index in [1.807, 2.05) is 67.8 Å². The van der Waals surface area contributed by atoms with Gasteiger partial charge in [0, 0.05) is 21.9 Å². The van der Waals surface area contributed by atoms with Crippen LogP contribution >= 0.6 is 11.3 Å². The molecule has 152 valence electrons. The third-order valence-electron chi connectivity index (χ3n) is 5.24. The molecule has 3 aromatic rings. The Morgan fingerprint density at radius 3 is 2.43 bits per heavy atom. The molecule has 1 aliphatic carbocycles. The van der Waals surface area contributed by atoms with E-state index in [0.29, 0.717) is 17.0 Å². The van der Waals surface area contributed by atoms with Crippen molar-refractivity contribution in [3.8, 4) is 0 Å². The fourth-order valence-corrected chi connectivity index (χ4v) is 4.08. The molecule has 0 radical (unpaired) electrons. The lowest BCUT2D eigenvalue weighted by Gasteiger charge is -2.06. The lowest BCUT2D eigenvalue weighted by molar-refractivity contribution is -0.122. The first-order chi connectivity index (χ1) is 14.5. The van der Waals surface area contributed by atoms with E-state index in [4.69, 9.17) is 0 Å². The van der Waals surface area contributed by atoms with Crippen molar-refractivity contribution in [3.63, 3.8) is 0 Å². The smallest absolute Gasteiger partial charge is 0.256 e. The summed E-state index contributed by atoms with van der Waals surface area (Å²) in [6.45, 7) is 3.83. The van der Waals surface area contributed by atoms with Crippen molar-refractivity contribution in [2.75, 3.05) is 5.32 Å². The molecule has 0 spiro atoms. The minimum atomic E-state index is -0.123. The van der Waals surface area contributed by atoms with E-state index in [9.17, 15) is 9.59 Å². The number of hydrogen-bond donors (Lipinski definition) is 2. The molecule has 1 aromatic heterocycles. The van der Waals surface area contributed by atoms with E-state index in [1.165, 1.54) is 5.56 Å². The number of nitrogens with zero attached hydrogens (tertiary/aromatic N) is 1. The lowest BCUT2D eigenvalue weighted by atomic mass is 10.1. The summed E-state index contributed by atoms with van der Waals surface area (Å²) in [5.74, 6) is 0.110. The van der Waals surface area contributed by atoms with Crippen LogP contribution in [0.4, 0.5) is 5.69 Å². The van der Waals surface area contributed by atoms with Gasteiger partial charge in [-0.25, -0.2) is 5.43 Å². The molecule has 2 N–H and O–H groups in total. The molecule has 30 heavy (non-hydrogen) atoms. The van der Waals surface area contributed by atoms with Gasteiger partial charge in [0.15, 0.2) is 0 Å². The maximum Gasteiger partial charge on any atom is 0.256 e. The fourth-order valence-electron chi connectivity index (χ4n) is 3.40. The second-order valence-corrected chi connectivity index (χ2v) is 8.63. The zero-order valence-corrected chi connectivity index (χ0v) is 17.7. The number of nitrogens with one attached hydrogen (secondary N) is 2. The average molecular weight is 418 g/mol. The molecule has 2 amide bonds. The first kappa shape index (κ1) is 20.0. The minimum absolute atomic E-state index is 0.0118. The van der Waals surface area contributed by atoms with Crippen LogP contribution in [0.5, 0.6) is 0 Å². The molecule has 1 fully saturated rings. The topological polar surface area (TPSA) is 70.6 Å². The van der Waals surface area contributed by atoms with Crippen molar-refractivity contribution >= 4 is 34.6 Å². The van der Waals surface area contributed by atoms with Gasteiger partial charge in [-0.05, 0) is 55.5 Å². The predicted molar refractivity (Wildman–Crippen MR) is 121 cm³/mol. The van der Waals surface area contributed by atoms with Gasteiger partial charge in [0.1, 0.15) is 0 Å². The van der Waals surface area contributed by atoms with Crippen molar-refractivity contribution in [2.24, 2.45) is 11.0 Å². The number of carbonyl (C=O) groups excluding carboxylic acids is 2. The van der Waals surface area contributed by atoms with Crippen molar-refractivity contribution in [3.05, 3.63) is 87.6 Å². The molecule has 2 atom stereocenters. The SMILES string of the molecule is C/C(=N\NC(=O)[C@@H]1C[C@H]1c1ccccc1)c1ccc(NC(=O)c2csc(C)c2)cc1. The lowest BCUT2D eigenvalue weighted by Crippen LogP contribution is -2.21. The van der Waals surface area contributed by atoms with Crippen LogP contribution in [0, 0.1) is 12.8 Å². The highest BCUT2D eigenvalue weighted by Gasteiger charge is 2.43. The van der Waals surface area contributed by atoms with E-state index < -0.39 is 0 Å². The Morgan fingerprint density at radius 1 is 1.03 bits per heavy atom. The number of amides is 2. The van der Waals surface area contributed by atoms with E-state index in [2.05, 4.69) is 28.0 Å².